The van der Waals surface area contributed by atoms with Gasteiger partial charge < -0.3 is 9.84 Å². The third kappa shape index (κ3) is 35.2. The summed E-state index contributed by atoms with van der Waals surface area (Å²) in [5, 5.41) is 8.71. The number of aliphatic carboxylic acids is 1. The van der Waals surface area contributed by atoms with Crippen LogP contribution in [0.25, 0.3) is 0 Å². The first kappa shape index (κ1) is 42.7. The quantitative estimate of drug-likeness (QED) is 0.0430. The van der Waals surface area contributed by atoms with Crippen LogP contribution in [0.5, 0.6) is 0 Å². The SMILES string of the molecule is CCCCCCCC/C=C\CCCCCCCCCCCC(=O)OC(CCCCCC)CCCCCCCCCCC(=O)O. The second-order valence-corrected chi connectivity index (χ2v) is 13.5. The van der Waals surface area contributed by atoms with Gasteiger partial charge in [-0.3, -0.25) is 9.59 Å². The summed E-state index contributed by atoms with van der Waals surface area (Å²) >= 11 is 0. The number of carboxylic acid groups (broad SMARTS) is 1. The Morgan fingerprint density at radius 2 is 0.818 bits per heavy atom. The molecule has 0 fully saturated rings. The minimum atomic E-state index is -0.681. The number of carbonyl (C=O) groups is 2. The van der Waals surface area contributed by atoms with Crippen molar-refractivity contribution >= 4 is 11.9 Å². The molecule has 1 atom stereocenters. The maximum Gasteiger partial charge on any atom is 0.306 e. The molecule has 4 heteroatoms. The second-order valence-electron chi connectivity index (χ2n) is 13.5. The molecule has 0 saturated carbocycles. The standard InChI is InChI=1S/C40H76O4/c1-3-5-7-9-10-11-12-13-14-15-16-17-18-19-20-21-26-29-33-37-40(43)44-38(34-30-8-6-4-2)35-31-27-24-22-23-25-28-32-36-39(41)42/h13-14,38H,3-12,15-37H2,1-2H3,(H,41,42)/b14-13-. The van der Waals surface area contributed by atoms with Crippen molar-refractivity contribution in [2.24, 2.45) is 0 Å². The molecule has 0 bridgehead atoms. The zero-order chi connectivity index (χ0) is 32.2. The molecule has 0 radical (unpaired) electrons. The molecule has 0 rings (SSSR count). The molecule has 0 saturated heterocycles. The summed E-state index contributed by atoms with van der Waals surface area (Å²) in [6.45, 7) is 4.52. The van der Waals surface area contributed by atoms with E-state index < -0.39 is 5.97 Å². The molecule has 4 nitrogen and oxygen atoms in total. The minimum Gasteiger partial charge on any atom is -0.481 e. The molecule has 0 aromatic heterocycles. The van der Waals surface area contributed by atoms with E-state index in [4.69, 9.17) is 9.84 Å². The average molecular weight is 621 g/mol. The average Bonchev–Trinajstić information content (AvgIpc) is 3.01. The normalized spacial score (nSPS) is 12.2. The van der Waals surface area contributed by atoms with Gasteiger partial charge >= 0.3 is 11.9 Å². The predicted octanol–water partition coefficient (Wildman–Crippen LogP) is 13.5. The molecule has 0 amide bonds. The molecule has 260 valence electrons. The Bertz CT molecular complexity index is 629. The van der Waals surface area contributed by atoms with Gasteiger partial charge in [-0.15, -0.1) is 0 Å². The van der Waals surface area contributed by atoms with Crippen LogP contribution in [0.3, 0.4) is 0 Å². The number of carbonyl (C=O) groups excluding carboxylic acids is 1. The van der Waals surface area contributed by atoms with Crippen molar-refractivity contribution < 1.29 is 19.4 Å². The Morgan fingerprint density at radius 1 is 0.477 bits per heavy atom. The molecule has 0 aromatic carbocycles. The highest BCUT2D eigenvalue weighted by Crippen LogP contribution is 2.18. The van der Waals surface area contributed by atoms with Gasteiger partial charge in [0.2, 0.25) is 0 Å². The fraction of sp³-hybridized carbons (Fsp3) is 0.900. The van der Waals surface area contributed by atoms with E-state index >= 15 is 0 Å². The fourth-order valence-electron chi connectivity index (χ4n) is 6.06. The van der Waals surface area contributed by atoms with Crippen LogP contribution >= 0.6 is 0 Å². The number of allylic oxidation sites excluding steroid dienone is 2. The molecule has 1 N–H and O–H groups in total. The Morgan fingerprint density at radius 3 is 1.25 bits per heavy atom. The molecule has 0 aliphatic heterocycles. The Hall–Kier alpha value is -1.32. The lowest BCUT2D eigenvalue weighted by Crippen LogP contribution is -2.18. The lowest BCUT2D eigenvalue weighted by molar-refractivity contribution is -0.150. The van der Waals surface area contributed by atoms with Crippen molar-refractivity contribution in [3.63, 3.8) is 0 Å². The molecular formula is C40H76O4. The number of ether oxygens (including phenoxy) is 1. The van der Waals surface area contributed by atoms with E-state index in [1.807, 2.05) is 0 Å². The van der Waals surface area contributed by atoms with Gasteiger partial charge in [0.15, 0.2) is 0 Å². The highest BCUT2D eigenvalue weighted by atomic mass is 16.5. The number of unbranched alkanes of at least 4 members (excludes halogenated alkanes) is 25. The van der Waals surface area contributed by atoms with Crippen molar-refractivity contribution in [2.45, 2.75) is 232 Å². The second kappa shape index (κ2) is 36.2. The topological polar surface area (TPSA) is 63.6 Å². The lowest BCUT2D eigenvalue weighted by atomic mass is 10.0. The van der Waals surface area contributed by atoms with Crippen molar-refractivity contribution in [2.75, 3.05) is 0 Å². The monoisotopic (exact) mass is 621 g/mol. The van der Waals surface area contributed by atoms with Crippen LogP contribution in [0.4, 0.5) is 0 Å². The maximum atomic E-state index is 12.6. The van der Waals surface area contributed by atoms with Gasteiger partial charge in [-0.1, -0.05) is 161 Å². The largest absolute Gasteiger partial charge is 0.481 e. The number of carboxylic acids is 1. The van der Waals surface area contributed by atoms with E-state index in [2.05, 4.69) is 26.0 Å². The van der Waals surface area contributed by atoms with Crippen molar-refractivity contribution in [1.82, 2.24) is 0 Å². The van der Waals surface area contributed by atoms with E-state index in [1.54, 1.807) is 0 Å². The lowest BCUT2D eigenvalue weighted by Gasteiger charge is -2.18. The van der Waals surface area contributed by atoms with Crippen molar-refractivity contribution in [3.8, 4) is 0 Å². The summed E-state index contributed by atoms with van der Waals surface area (Å²) in [4.78, 5) is 23.1. The highest BCUT2D eigenvalue weighted by molar-refractivity contribution is 5.69. The van der Waals surface area contributed by atoms with E-state index in [0.717, 1.165) is 57.8 Å². The summed E-state index contributed by atoms with van der Waals surface area (Å²) in [6, 6.07) is 0. The zero-order valence-electron chi connectivity index (χ0n) is 29.7. The summed E-state index contributed by atoms with van der Waals surface area (Å²) in [6.07, 6.45) is 44.0. The highest BCUT2D eigenvalue weighted by Gasteiger charge is 2.14. The van der Waals surface area contributed by atoms with Crippen LogP contribution in [-0.2, 0) is 14.3 Å². The van der Waals surface area contributed by atoms with Crippen LogP contribution in [0.1, 0.15) is 226 Å². The third-order valence-electron chi connectivity index (χ3n) is 8.99. The first-order chi connectivity index (χ1) is 21.6. The molecule has 0 spiro atoms. The Kier molecular flexibility index (Phi) is 35.1. The molecule has 0 aromatic rings. The fourth-order valence-corrected chi connectivity index (χ4v) is 6.06. The zero-order valence-corrected chi connectivity index (χ0v) is 29.7. The van der Waals surface area contributed by atoms with Crippen LogP contribution in [-0.4, -0.2) is 23.1 Å². The third-order valence-corrected chi connectivity index (χ3v) is 8.99. The number of hydrogen-bond acceptors (Lipinski definition) is 3. The summed E-state index contributed by atoms with van der Waals surface area (Å²) in [7, 11) is 0. The molecule has 0 heterocycles. The molecule has 44 heavy (non-hydrogen) atoms. The van der Waals surface area contributed by atoms with E-state index in [0.29, 0.717) is 12.8 Å². The number of rotatable bonds is 36. The Labute approximate surface area is 275 Å². The van der Waals surface area contributed by atoms with E-state index in [9.17, 15) is 9.59 Å². The van der Waals surface area contributed by atoms with Gasteiger partial charge in [0, 0.05) is 12.8 Å². The number of hydrogen-bond donors (Lipinski definition) is 1. The van der Waals surface area contributed by atoms with Gasteiger partial charge in [0.05, 0.1) is 0 Å². The van der Waals surface area contributed by atoms with Crippen molar-refractivity contribution in [1.29, 1.82) is 0 Å². The van der Waals surface area contributed by atoms with Crippen LogP contribution in [0.2, 0.25) is 0 Å². The molecule has 1 unspecified atom stereocenters. The first-order valence-electron chi connectivity index (χ1n) is 19.7. The van der Waals surface area contributed by atoms with E-state index in [-0.39, 0.29) is 12.1 Å². The molecule has 0 aliphatic carbocycles. The smallest absolute Gasteiger partial charge is 0.306 e. The summed E-state index contributed by atoms with van der Waals surface area (Å²) < 4.78 is 5.97. The minimum absolute atomic E-state index is 0.0212. The van der Waals surface area contributed by atoms with Gasteiger partial charge in [-0.05, 0) is 64.2 Å². The molecular weight excluding hydrogens is 544 g/mol. The summed E-state index contributed by atoms with van der Waals surface area (Å²) in [5.41, 5.74) is 0. The van der Waals surface area contributed by atoms with Gasteiger partial charge in [-0.25, -0.2) is 0 Å². The number of esters is 1. The van der Waals surface area contributed by atoms with Crippen LogP contribution in [0.15, 0.2) is 12.2 Å². The first-order valence-corrected chi connectivity index (χ1v) is 19.7. The van der Waals surface area contributed by atoms with Gasteiger partial charge in [0.25, 0.3) is 0 Å². The van der Waals surface area contributed by atoms with Crippen molar-refractivity contribution in [3.05, 3.63) is 12.2 Å². The molecule has 0 aliphatic rings. The maximum absolute atomic E-state index is 12.6. The van der Waals surface area contributed by atoms with E-state index in [1.165, 1.54) is 141 Å². The Balaban J connectivity index is 3.73. The predicted molar refractivity (Wildman–Crippen MR) is 190 cm³/mol. The van der Waals surface area contributed by atoms with Gasteiger partial charge in [0.1, 0.15) is 6.10 Å². The van der Waals surface area contributed by atoms with Crippen LogP contribution < -0.4 is 0 Å². The van der Waals surface area contributed by atoms with Gasteiger partial charge in [-0.2, -0.15) is 0 Å². The van der Waals surface area contributed by atoms with Crippen LogP contribution in [0, 0.1) is 0 Å². The summed E-state index contributed by atoms with van der Waals surface area (Å²) in [5.74, 6) is -0.660.